The van der Waals surface area contributed by atoms with Crippen LogP contribution in [0.1, 0.15) is 25.2 Å². The molecular weight excluding hydrogens is 232 g/mol. The van der Waals surface area contributed by atoms with Crippen molar-refractivity contribution in [3.05, 3.63) is 30.9 Å². The summed E-state index contributed by atoms with van der Waals surface area (Å²) in [5, 5.41) is 3.52. The molecule has 6 heteroatoms. The second-order valence-corrected chi connectivity index (χ2v) is 4.29. The lowest BCUT2D eigenvalue weighted by Gasteiger charge is -1.98. The smallest absolute Gasteiger partial charge is 0.243 e. The third kappa shape index (κ3) is 3.80. The number of Topliss-reactive ketones (excluding diaryl/α,β-unsaturated/α-hetero) is 1. The second-order valence-electron chi connectivity index (χ2n) is 4.29. The highest BCUT2D eigenvalue weighted by Gasteiger charge is 2.07. The molecule has 0 fully saturated rings. The number of aryl methyl sites for hydroxylation is 3. The first-order valence-electron chi connectivity index (χ1n) is 6.02. The van der Waals surface area contributed by atoms with Gasteiger partial charge >= 0.3 is 0 Å². The fourth-order valence-electron chi connectivity index (χ4n) is 1.76. The minimum Gasteiger partial charge on any atom is -0.340 e. The quantitative estimate of drug-likeness (QED) is 0.677. The van der Waals surface area contributed by atoms with Crippen molar-refractivity contribution in [2.75, 3.05) is 0 Å². The lowest BCUT2D eigenvalue weighted by Crippen LogP contribution is -2.23. The number of carbonyl (C=O) groups is 1. The van der Waals surface area contributed by atoms with Crippen LogP contribution in [0.2, 0.25) is 0 Å². The molecule has 6 nitrogen and oxygen atoms in total. The van der Waals surface area contributed by atoms with Gasteiger partial charge in [-0.25, -0.2) is 9.13 Å². The summed E-state index contributed by atoms with van der Waals surface area (Å²) in [4.78, 5) is 15.6. The molecule has 0 radical (unpaired) electrons. The molecule has 2 heterocycles. The predicted octanol–water partition coefficient (Wildman–Crippen LogP) is 0.678. The van der Waals surface area contributed by atoms with Gasteiger partial charge in [0.1, 0.15) is 18.2 Å². The van der Waals surface area contributed by atoms with Gasteiger partial charge in [-0.1, -0.05) is 5.16 Å². The van der Waals surface area contributed by atoms with Crippen LogP contribution in [0.25, 0.3) is 0 Å². The number of imidazole rings is 1. The summed E-state index contributed by atoms with van der Waals surface area (Å²) in [7, 11) is 1.96. The Morgan fingerprint density at radius 2 is 2.39 bits per heavy atom. The Hall–Kier alpha value is -1.98. The molecule has 2 aromatic rings. The molecule has 0 saturated carbocycles. The number of carbonyl (C=O) groups excluding carboxylic acids is 1. The van der Waals surface area contributed by atoms with Gasteiger partial charge < -0.3 is 4.52 Å². The van der Waals surface area contributed by atoms with Crippen LogP contribution in [0.3, 0.4) is 0 Å². The SMILES string of the molecule is C[n+]1ccn(CCC(=O)CCCc2ncno2)c1. The molecule has 0 atom stereocenters. The summed E-state index contributed by atoms with van der Waals surface area (Å²) in [6.45, 7) is 0.736. The molecule has 2 aromatic heterocycles. The van der Waals surface area contributed by atoms with Gasteiger partial charge in [0.2, 0.25) is 12.2 Å². The summed E-state index contributed by atoms with van der Waals surface area (Å²) in [6.07, 6.45) is 9.83. The highest BCUT2D eigenvalue weighted by atomic mass is 16.5. The number of ketones is 1. The predicted molar refractivity (Wildman–Crippen MR) is 62.5 cm³/mol. The zero-order valence-electron chi connectivity index (χ0n) is 10.5. The van der Waals surface area contributed by atoms with Crippen LogP contribution in [0.15, 0.2) is 29.6 Å². The van der Waals surface area contributed by atoms with E-state index in [2.05, 4.69) is 10.1 Å². The van der Waals surface area contributed by atoms with Crippen molar-refractivity contribution < 1.29 is 13.9 Å². The molecule has 0 aliphatic heterocycles. The molecule has 0 unspecified atom stereocenters. The topological polar surface area (TPSA) is 64.8 Å². The van der Waals surface area contributed by atoms with Crippen molar-refractivity contribution in [1.29, 1.82) is 0 Å². The summed E-state index contributed by atoms with van der Waals surface area (Å²) in [6, 6.07) is 0. The molecule has 18 heavy (non-hydrogen) atoms. The molecule has 0 aliphatic carbocycles. The van der Waals surface area contributed by atoms with Crippen LogP contribution in [-0.2, 0) is 24.8 Å². The third-order valence-corrected chi connectivity index (χ3v) is 2.73. The summed E-state index contributed by atoms with van der Waals surface area (Å²) < 4.78 is 8.84. The van der Waals surface area contributed by atoms with Crippen LogP contribution in [0.5, 0.6) is 0 Å². The van der Waals surface area contributed by atoms with Gasteiger partial charge in [-0.2, -0.15) is 4.98 Å². The first kappa shape index (κ1) is 12.5. The Labute approximate surface area is 105 Å². The third-order valence-electron chi connectivity index (χ3n) is 2.73. The number of hydrogen-bond donors (Lipinski definition) is 0. The Morgan fingerprint density at radius 3 is 3.06 bits per heavy atom. The minimum atomic E-state index is 0.269. The lowest BCUT2D eigenvalue weighted by atomic mass is 10.1. The van der Waals surface area contributed by atoms with E-state index in [-0.39, 0.29) is 5.78 Å². The Bertz CT molecular complexity index is 490. The number of nitrogens with zero attached hydrogens (tertiary/aromatic N) is 4. The van der Waals surface area contributed by atoms with Crippen molar-refractivity contribution >= 4 is 5.78 Å². The van der Waals surface area contributed by atoms with Gasteiger partial charge in [0.05, 0.1) is 13.6 Å². The minimum absolute atomic E-state index is 0.269. The summed E-state index contributed by atoms with van der Waals surface area (Å²) >= 11 is 0. The van der Waals surface area contributed by atoms with Crippen molar-refractivity contribution in [2.45, 2.75) is 32.2 Å². The molecular formula is C12H17N4O2+. The molecule has 0 spiro atoms. The molecule has 0 aromatic carbocycles. The Balaban J connectivity index is 1.63. The molecule has 0 amide bonds. The zero-order chi connectivity index (χ0) is 12.8. The zero-order valence-corrected chi connectivity index (χ0v) is 10.5. The van der Waals surface area contributed by atoms with Crippen LogP contribution in [0, 0.1) is 0 Å². The Morgan fingerprint density at radius 1 is 1.50 bits per heavy atom. The maximum Gasteiger partial charge on any atom is 0.243 e. The fraction of sp³-hybridized carbons (Fsp3) is 0.500. The molecule has 0 saturated heterocycles. The lowest BCUT2D eigenvalue weighted by molar-refractivity contribution is -0.671. The van der Waals surface area contributed by atoms with E-state index < -0.39 is 0 Å². The second kappa shape index (κ2) is 6.09. The van der Waals surface area contributed by atoms with E-state index in [1.54, 1.807) is 0 Å². The van der Waals surface area contributed by atoms with Gasteiger partial charge in [-0.3, -0.25) is 4.79 Å². The van der Waals surface area contributed by atoms with Gasteiger partial charge in [0.15, 0.2) is 6.33 Å². The van der Waals surface area contributed by atoms with E-state index in [9.17, 15) is 4.79 Å². The van der Waals surface area contributed by atoms with Crippen LogP contribution >= 0.6 is 0 Å². The van der Waals surface area contributed by atoms with Gasteiger partial charge in [-0.05, 0) is 6.42 Å². The standard InChI is InChI=1S/C12H17N4O2/c1-15-7-8-16(10-15)6-5-11(17)3-2-4-12-13-9-14-18-12/h7-10H,2-6H2,1H3/q+1. The molecule has 0 aliphatic rings. The van der Waals surface area contributed by atoms with E-state index in [0.29, 0.717) is 25.2 Å². The molecule has 0 N–H and O–H groups in total. The number of rotatable bonds is 7. The van der Waals surface area contributed by atoms with Crippen molar-refractivity contribution in [3.8, 4) is 0 Å². The number of aromatic nitrogens is 4. The van der Waals surface area contributed by atoms with Crippen LogP contribution < -0.4 is 4.57 Å². The molecule has 96 valence electrons. The van der Waals surface area contributed by atoms with Gasteiger partial charge in [-0.15, -0.1) is 0 Å². The number of hydrogen-bond acceptors (Lipinski definition) is 4. The summed E-state index contributed by atoms with van der Waals surface area (Å²) in [5.41, 5.74) is 0. The van der Waals surface area contributed by atoms with Gasteiger partial charge in [0.25, 0.3) is 0 Å². The fourth-order valence-corrected chi connectivity index (χ4v) is 1.76. The van der Waals surface area contributed by atoms with Crippen LogP contribution in [0.4, 0.5) is 0 Å². The first-order valence-corrected chi connectivity index (χ1v) is 6.02. The highest BCUT2D eigenvalue weighted by molar-refractivity contribution is 5.78. The monoisotopic (exact) mass is 249 g/mol. The van der Waals surface area contributed by atoms with E-state index in [0.717, 1.165) is 13.0 Å². The Kier molecular flexibility index (Phi) is 4.22. The van der Waals surface area contributed by atoms with E-state index >= 15 is 0 Å². The van der Waals surface area contributed by atoms with Crippen molar-refractivity contribution in [1.82, 2.24) is 14.7 Å². The maximum atomic E-state index is 11.7. The van der Waals surface area contributed by atoms with E-state index in [1.807, 2.05) is 34.9 Å². The molecule has 2 rings (SSSR count). The maximum absolute atomic E-state index is 11.7. The van der Waals surface area contributed by atoms with Crippen molar-refractivity contribution in [2.24, 2.45) is 7.05 Å². The van der Waals surface area contributed by atoms with Crippen molar-refractivity contribution in [3.63, 3.8) is 0 Å². The first-order chi connectivity index (χ1) is 8.74. The average Bonchev–Trinajstić information content (AvgIpc) is 2.98. The van der Waals surface area contributed by atoms with E-state index in [4.69, 9.17) is 4.52 Å². The van der Waals surface area contributed by atoms with E-state index in [1.165, 1.54) is 6.33 Å². The van der Waals surface area contributed by atoms with Crippen LogP contribution in [-0.4, -0.2) is 20.5 Å². The summed E-state index contributed by atoms with van der Waals surface area (Å²) in [5.74, 6) is 0.867. The largest absolute Gasteiger partial charge is 0.340 e. The molecule has 0 bridgehead atoms. The highest BCUT2D eigenvalue weighted by Crippen LogP contribution is 2.03. The van der Waals surface area contributed by atoms with Gasteiger partial charge in [0, 0.05) is 19.3 Å². The average molecular weight is 249 g/mol. The normalized spacial score (nSPS) is 10.7.